The van der Waals surface area contributed by atoms with Crippen LogP contribution < -0.4 is 5.32 Å². The van der Waals surface area contributed by atoms with Crippen LogP contribution in [-0.4, -0.2) is 36.1 Å². The highest BCUT2D eigenvalue weighted by Crippen LogP contribution is 2.43. The highest BCUT2D eigenvalue weighted by Gasteiger charge is 2.42. The smallest absolute Gasteiger partial charge is 0.0309 e. The van der Waals surface area contributed by atoms with Gasteiger partial charge in [0.05, 0.1) is 0 Å². The predicted molar refractivity (Wildman–Crippen MR) is 90.7 cm³/mol. The summed E-state index contributed by atoms with van der Waals surface area (Å²) in [6.45, 7) is 8.76. The zero-order valence-electron chi connectivity index (χ0n) is 14.4. The summed E-state index contributed by atoms with van der Waals surface area (Å²) < 4.78 is 0. The van der Waals surface area contributed by atoms with Crippen molar-refractivity contribution in [2.24, 2.45) is 5.41 Å². The molecule has 21 heavy (non-hydrogen) atoms. The lowest BCUT2D eigenvalue weighted by atomic mass is 9.77. The highest BCUT2D eigenvalue weighted by atomic mass is 15.3. The number of hydrogen-bond donors (Lipinski definition) is 1. The molecule has 0 aromatic heterocycles. The molecule has 1 saturated heterocycles. The molecule has 1 atom stereocenters. The van der Waals surface area contributed by atoms with Crippen molar-refractivity contribution in [3.05, 3.63) is 0 Å². The van der Waals surface area contributed by atoms with Gasteiger partial charge in [0, 0.05) is 31.2 Å². The van der Waals surface area contributed by atoms with Crippen LogP contribution in [0.4, 0.5) is 0 Å². The van der Waals surface area contributed by atoms with Gasteiger partial charge >= 0.3 is 0 Å². The van der Waals surface area contributed by atoms with Crippen molar-refractivity contribution in [3.63, 3.8) is 0 Å². The lowest BCUT2D eigenvalue weighted by molar-refractivity contribution is 0.0204. The van der Waals surface area contributed by atoms with Crippen molar-refractivity contribution >= 4 is 0 Å². The molecule has 3 fully saturated rings. The van der Waals surface area contributed by atoms with Crippen LogP contribution in [0.1, 0.15) is 84.5 Å². The van der Waals surface area contributed by atoms with E-state index in [-0.39, 0.29) is 0 Å². The van der Waals surface area contributed by atoms with Gasteiger partial charge in [0.2, 0.25) is 0 Å². The zero-order chi connectivity index (χ0) is 14.8. The highest BCUT2D eigenvalue weighted by molar-refractivity contribution is 5.01. The molecular formula is C19H36N2. The summed E-state index contributed by atoms with van der Waals surface area (Å²) in [7, 11) is 0. The van der Waals surface area contributed by atoms with Crippen LogP contribution in [0.2, 0.25) is 0 Å². The molecule has 1 unspecified atom stereocenters. The normalized spacial score (nSPS) is 32.6. The molecule has 0 bridgehead atoms. The van der Waals surface area contributed by atoms with E-state index in [0.29, 0.717) is 11.0 Å². The molecule has 2 heteroatoms. The van der Waals surface area contributed by atoms with E-state index in [9.17, 15) is 0 Å². The van der Waals surface area contributed by atoms with Gasteiger partial charge in [-0.15, -0.1) is 0 Å². The van der Waals surface area contributed by atoms with Crippen LogP contribution in [0.5, 0.6) is 0 Å². The second-order valence-electron chi connectivity index (χ2n) is 8.25. The summed E-state index contributed by atoms with van der Waals surface area (Å²) >= 11 is 0. The molecule has 122 valence electrons. The van der Waals surface area contributed by atoms with Gasteiger partial charge in [-0.2, -0.15) is 0 Å². The van der Waals surface area contributed by atoms with E-state index in [1.807, 2.05) is 0 Å². The number of rotatable bonds is 4. The molecule has 1 aliphatic heterocycles. The summed E-state index contributed by atoms with van der Waals surface area (Å²) in [6, 6.07) is 0.779. The molecule has 0 radical (unpaired) electrons. The Morgan fingerprint density at radius 2 is 1.62 bits per heavy atom. The lowest BCUT2D eigenvalue weighted by Crippen LogP contribution is -2.65. The zero-order valence-corrected chi connectivity index (χ0v) is 14.4. The fraction of sp³-hybridized carbons (Fsp3) is 1.00. The van der Waals surface area contributed by atoms with E-state index >= 15 is 0 Å². The average molecular weight is 293 g/mol. The first-order valence-electron chi connectivity index (χ1n) is 9.70. The van der Waals surface area contributed by atoms with Crippen molar-refractivity contribution in [1.29, 1.82) is 0 Å². The third-order valence-corrected chi connectivity index (χ3v) is 6.97. The summed E-state index contributed by atoms with van der Waals surface area (Å²) in [4.78, 5) is 2.91. The molecule has 1 heterocycles. The first kappa shape index (κ1) is 15.8. The van der Waals surface area contributed by atoms with Crippen molar-refractivity contribution in [3.8, 4) is 0 Å². The Labute approximate surface area is 132 Å². The summed E-state index contributed by atoms with van der Waals surface area (Å²) in [5.41, 5.74) is 1.12. The van der Waals surface area contributed by atoms with Crippen LogP contribution in [0.15, 0.2) is 0 Å². The van der Waals surface area contributed by atoms with Gasteiger partial charge in [0.1, 0.15) is 0 Å². The fourth-order valence-corrected chi connectivity index (χ4v) is 5.37. The van der Waals surface area contributed by atoms with E-state index < -0.39 is 0 Å². The quantitative estimate of drug-likeness (QED) is 0.829. The predicted octanol–water partition coefficient (Wildman–Crippen LogP) is 4.34. The van der Waals surface area contributed by atoms with Crippen molar-refractivity contribution < 1.29 is 0 Å². The van der Waals surface area contributed by atoms with E-state index in [4.69, 9.17) is 0 Å². The van der Waals surface area contributed by atoms with E-state index in [0.717, 1.165) is 6.04 Å². The van der Waals surface area contributed by atoms with Crippen LogP contribution in [0.3, 0.4) is 0 Å². The Bertz CT molecular complexity index is 326. The van der Waals surface area contributed by atoms with Crippen LogP contribution in [0, 0.1) is 5.41 Å². The van der Waals surface area contributed by atoms with Crippen molar-refractivity contribution in [2.75, 3.05) is 19.6 Å². The van der Waals surface area contributed by atoms with E-state index in [2.05, 4.69) is 24.1 Å². The Morgan fingerprint density at radius 3 is 2.24 bits per heavy atom. The van der Waals surface area contributed by atoms with Gasteiger partial charge in [-0.25, -0.2) is 0 Å². The molecule has 2 aliphatic carbocycles. The summed E-state index contributed by atoms with van der Waals surface area (Å²) in [5.74, 6) is 0. The topological polar surface area (TPSA) is 15.3 Å². The first-order valence-corrected chi connectivity index (χ1v) is 9.70. The third-order valence-electron chi connectivity index (χ3n) is 6.97. The van der Waals surface area contributed by atoms with Gasteiger partial charge in [-0.05, 0) is 43.9 Å². The first-order chi connectivity index (χ1) is 10.2. The standard InChI is InChI=1S/C19H36N2/c1-3-17-14-20-19(12-6-5-7-13-19)16-21(17)15-18(4-2)10-8-9-11-18/h17,20H,3-16H2,1-2H3. The molecule has 3 rings (SSSR count). The second-order valence-corrected chi connectivity index (χ2v) is 8.25. The monoisotopic (exact) mass is 292 g/mol. The maximum absolute atomic E-state index is 3.98. The van der Waals surface area contributed by atoms with Crippen molar-refractivity contribution in [1.82, 2.24) is 10.2 Å². The Morgan fingerprint density at radius 1 is 0.952 bits per heavy atom. The molecule has 2 nitrogen and oxygen atoms in total. The van der Waals surface area contributed by atoms with Crippen LogP contribution in [-0.2, 0) is 0 Å². The SMILES string of the molecule is CCC1CNC2(CCCCC2)CN1CC1(CC)CCCC1. The summed E-state index contributed by atoms with van der Waals surface area (Å²) in [5, 5.41) is 3.98. The van der Waals surface area contributed by atoms with E-state index in [1.54, 1.807) is 0 Å². The minimum atomic E-state index is 0.470. The molecule has 2 saturated carbocycles. The number of hydrogen-bond acceptors (Lipinski definition) is 2. The van der Waals surface area contributed by atoms with Gasteiger partial charge in [-0.3, -0.25) is 4.90 Å². The maximum atomic E-state index is 3.98. The molecule has 0 aromatic carbocycles. The van der Waals surface area contributed by atoms with Crippen LogP contribution in [0.25, 0.3) is 0 Å². The Hall–Kier alpha value is -0.0800. The van der Waals surface area contributed by atoms with E-state index in [1.165, 1.54) is 90.3 Å². The largest absolute Gasteiger partial charge is 0.308 e. The molecule has 0 aromatic rings. The average Bonchev–Trinajstić information content (AvgIpc) is 2.98. The second kappa shape index (κ2) is 6.58. The van der Waals surface area contributed by atoms with Crippen molar-refractivity contribution in [2.45, 2.75) is 96.1 Å². The number of nitrogens with one attached hydrogen (secondary N) is 1. The molecule has 1 N–H and O–H groups in total. The molecule has 1 spiro atoms. The minimum absolute atomic E-state index is 0.470. The number of piperazine rings is 1. The van der Waals surface area contributed by atoms with Gasteiger partial charge in [-0.1, -0.05) is 46.0 Å². The summed E-state index contributed by atoms with van der Waals surface area (Å²) in [6.07, 6.45) is 15.8. The molecular weight excluding hydrogens is 256 g/mol. The van der Waals surface area contributed by atoms with Gasteiger partial charge in [0.25, 0.3) is 0 Å². The maximum Gasteiger partial charge on any atom is 0.0309 e. The molecule has 0 amide bonds. The van der Waals surface area contributed by atoms with Gasteiger partial charge < -0.3 is 5.32 Å². The fourth-order valence-electron chi connectivity index (χ4n) is 5.37. The Balaban J connectivity index is 1.70. The minimum Gasteiger partial charge on any atom is -0.308 e. The molecule has 3 aliphatic rings. The Kier molecular flexibility index (Phi) is 4.95. The van der Waals surface area contributed by atoms with Gasteiger partial charge in [0.15, 0.2) is 0 Å². The van der Waals surface area contributed by atoms with Crippen LogP contribution >= 0.6 is 0 Å². The lowest BCUT2D eigenvalue weighted by Gasteiger charge is -2.51. The third kappa shape index (κ3) is 3.32. The number of nitrogens with zero attached hydrogens (tertiary/aromatic N) is 1.